The van der Waals surface area contributed by atoms with Crippen molar-refractivity contribution in [2.45, 2.75) is 58.4 Å². The zero-order valence-corrected chi connectivity index (χ0v) is 13.3. The molecule has 0 saturated heterocycles. The van der Waals surface area contributed by atoms with Gasteiger partial charge in [0.05, 0.1) is 5.69 Å². The molecule has 1 aromatic carbocycles. The lowest BCUT2D eigenvalue weighted by molar-refractivity contribution is 0.578. The van der Waals surface area contributed by atoms with Gasteiger partial charge in [-0.05, 0) is 37.6 Å². The molecule has 0 aliphatic carbocycles. The van der Waals surface area contributed by atoms with Gasteiger partial charge in [0.25, 0.3) is 0 Å². The third kappa shape index (κ3) is 5.25. The molecule has 0 aliphatic rings. The van der Waals surface area contributed by atoms with Crippen molar-refractivity contribution in [3.8, 4) is 5.69 Å². The Hall–Kier alpha value is -1.77. The fraction of sp³-hybridized carbons (Fsp3) is 0.500. The highest BCUT2D eigenvalue weighted by Crippen LogP contribution is 2.16. The maximum absolute atomic E-state index is 4.27. The van der Waals surface area contributed by atoms with Crippen LogP contribution in [-0.4, -0.2) is 15.8 Å². The number of rotatable bonds is 9. The van der Waals surface area contributed by atoms with Gasteiger partial charge in [0.1, 0.15) is 0 Å². The standard InChI is InChI=1S/C18H27N3/c1-3-4-5-6-7-10-16(2)20-17-11-8-12-18(15-17)21-14-9-13-19-21/h8-9,11-16,20H,3-7,10H2,1-2H3. The number of benzene rings is 1. The molecule has 0 bridgehead atoms. The average molecular weight is 285 g/mol. The highest BCUT2D eigenvalue weighted by atomic mass is 15.3. The Morgan fingerprint density at radius 2 is 2.00 bits per heavy atom. The zero-order chi connectivity index (χ0) is 14.9. The number of anilines is 1. The minimum Gasteiger partial charge on any atom is -0.383 e. The van der Waals surface area contributed by atoms with Gasteiger partial charge in [0.15, 0.2) is 0 Å². The molecule has 2 aromatic rings. The van der Waals surface area contributed by atoms with Crippen LogP contribution in [0.1, 0.15) is 52.4 Å². The first kappa shape index (κ1) is 15.6. The third-order valence-corrected chi connectivity index (χ3v) is 3.77. The summed E-state index contributed by atoms with van der Waals surface area (Å²) in [4.78, 5) is 0. The van der Waals surface area contributed by atoms with Gasteiger partial charge in [-0.15, -0.1) is 0 Å². The number of hydrogen-bond donors (Lipinski definition) is 1. The van der Waals surface area contributed by atoms with E-state index in [-0.39, 0.29) is 0 Å². The summed E-state index contributed by atoms with van der Waals surface area (Å²) in [5.41, 5.74) is 2.27. The van der Waals surface area contributed by atoms with E-state index in [0.717, 1.165) is 5.69 Å². The van der Waals surface area contributed by atoms with E-state index in [9.17, 15) is 0 Å². The lowest BCUT2D eigenvalue weighted by atomic mass is 10.1. The minimum atomic E-state index is 0.513. The predicted octanol–water partition coefficient (Wildman–Crippen LogP) is 5.03. The fourth-order valence-corrected chi connectivity index (χ4v) is 2.57. The van der Waals surface area contributed by atoms with Crippen molar-refractivity contribution in [1.82, 2.24) is 9.78 Å². The summed E-state index contributed by atoms with van der Waals surface area (Å²) in [6, 6.07) is 10.9. The van der Waals surface area contributed by atoms with Crippen molar-refractivity contribution in [3.63, 3.8) is 0 Å². The van der Waals surface area contributed by atoms with E-state index in [4.69, 9.17) is 0 Å². The van der Waals surface area contributed by atoms with Crippen LogP contribution in [0.3, 0.4) is 0 Å². The van der Waals surface area contributed by atoms with Crippen molar-refractivity contribution in [1.29, 1.82) is 0 Å². The molecule has 3 heteroatoms. The van der Waals surface area contributed by atoms with Gasteiger partial charge in [-0.2, -0.15) is 5.10 Å². The summed E-state index contributed by atoms with van der Waals surface area (Å²) >= 11 is 0. The Morgan fingerprint density at radius 1 is 1.14 bits per heavy atom. The molecule has 0 amide bonds. The van der Waals surface area contributed by atoms with Gasteiger partial charge in [0.2, 0.25) is 0 Å². The number of hydrogen-bond acceptors (Lipinski definition) is 2. The number of aromatic nitrogens is 2. The van der Waals surface area contributed by atoms with E-state index < -0.39 is 0 Å². The highest BCUT2D eigenvalue weighted by molar-refractivity contribution is 5.51. The van der Waals surface area contributed by atoms with Crippen LogP contribution in [0.2, 0.25) is 0 Å². The van der Waals surface area contributed by atoms with Crippen molar-refractivity contribution >= 4 is 5.69 Å². The Kier molecular flexibility index (Phi) is 6.32. The van der Waals surface area contributed by atoms with Gasteiger partial charge in [-0.1, -0.05) is 45.1 Å². The van der Waals surface area contributed by atoms with Crippen LogP contribution in [0, 0.1) is 0 Å². The first-order chi connectivity index (χ1) is 10.3. The molecule has 0 aliphatic heterocycles. The monoisotopic (exact) mass is 285 g/mol. The van der Waals surface area contributed by atoms with E-state index in [1.807, 2.05) is 16.9 Å². The molecule has 0 radical (unpaired) electrons. The molecule has 1 heterocycles. The largest absolute Gasteiger partial charge is 0.383 e. The number of nitrogens with one attached hydrogen (secondary N) is 1. The molecular weight excluding hydrogens is 258 g/mol. The molecule has 21 heavy (non-hydrogen) atoms. The van der Waals surface area contributed by atoms with E-state index in [0.29, 0.717) is 6.04 Å². The molecule has 1 unspecified atom stereocenters. The Morgan fingerprint density at radius 3 is 2.76 bits per heavy atom. The molecule has 0 fully saturated rings. The molecule has 1 N–H and O–H groups in total. The van der Waals surface area contributed by atoms with Crippen LogP contribution >= 0.6 is 0 Å². The Labute approximate surface area is 128 Å². The maximum atomic E-state index is 4.27. The van der Waals surface area contributed by atoms with E-state index in [2.05, 4.69) is 48.5 Å². The number of nitrogens with zero attached hydrogens (tertiary/aromatic N) is 2. The Balaban J connectivity index is 1.81. The van der Waals surface area contributed by atoms with Crippen LogP contribution in [0.4, 0.5) is 5.69 Å². The summed E-state index contributed by atoms with van der Waals surface area (Å²) in [7, 11) is 0. The lowest BCUT2D eigenvalue weighted by Gasteiger charge is -2.16. The molecule has 1 aromatic heterocycles. The van der Waals surface area contributed by atoms with Gasteiger partial charge in [-0.25, -0.2) is 4.68 Å². The van der Waals surface area contributed by atoms with Crippen molar-refractivity contribution in [3.05, 3.63) is 42.7 Å². The van der Waals surface area contributed by atoms with Crippen LogP contribution < -0.4 is 5.32 Å². The molecule has 0 spiro atoms. The first-order valence-corrected chi connectivity index (χ1v) is 8.16. The molecule has 114 valence electrons. The predicted molar refractivity (Wildman–Crippen MR) is 90.0 cm³/mol. The zero-order valence-electron chi connectivity index (χ0n) is 13.3. The van der Waals surface area contributed by atoms with Crippen molar-refractivity contribution in [2.24, 2.45) is 0 Å². The van der Waals surface area contributed by atoms with Gasteiger partial charge in [-0.3, -0.25) is 0 Å². The SMILES string of the molecule is CCCCCCCC(C)Nc1cccc(-n2cccn2)c1. The fourth-order valence-electron chi connectivity index (χ4n) is 2.57. The van der Waals surface area contributed by atoms with Crippen LogP contribution in [-0.2, 0) is 0 Å². The molecule has 0 saturated carbocycles. The Bertz CT molecular complexity index is 505. The molecule has 2 rings (SSSR count). The third-order valence-electron chi connectivity index (χ3n) is 3.77. The van der Waals surface area contributed by atoms with Crippen molar-refractivity contribution < 1.29 is 0 Å². The highest BCUT2D eigenvalue weighted by Gasteiger charge is 2.03. The summed E-state index contributed by atoms with van der Waals surface area (Å²) in [5.74, 6) is 0. The minimum absolute atomic E-state index is 0.513. The molecule has 1 atom stereocenters. The average Bonchev–Trinajstić information content (AvgIpc) is 3.01. The van der Waals surface area contributed by atoms with Crippen LogP contribution in [0.15, 0.2) is 42.7 Å². The molecule has 3 nitrogen and oxygen atoms in total. The summed E-state index contributed by atoms with van der Waals surface area (Å²) in [5, 5.41) is 7.87. The summed E-state index contributed by atoms with van der Waals surface area (Å²) in [6.45, 7) is 4.52. The normalized spacial score (nSPS) is 12.3. The lowest BCUT2D eigenvalue weighted by Crippen LogP contribution is -2.15. The second kappa shape index (κ2) is 8.50. The van der Waals surface area contributed by atoms with E-state index in [1.165, 1.54) is 44.2 Å². The van der Waals surface area contributed by atoms with Crippen LogP contribution in [0.5, 0.6) is 0 Å². The first-order valence-electron chi connectivity index (χ1n) is 8.16. The maximum Gasteiger partial charge on any atom is 0.0666 e. The van der Waals surface area contributed by atoms with Crippen LogP contribution in [0.25, 0.3) is 5.69 Å². The quantitative estimate of drug-likeness (QED) is 0.655. The summed E-state index contributed by atoms with van der Waals surface area (Å²) in [6.07, 6.45) is 11.7. The number of unbranched alkanes of at least 4 members (excludes halogenated alkanes) is 4. The summed E-state index contributed by atoms with van der Waals surface area (Å²) < 4.78 is 1.89. The van der Waals surface area contributed by atoms with Gasteiger partial charge >= 0.3 is 0 Å². The van der Waals surface area contributed by atoms with E-state index in [1.54, 1.807) is 6.20 Å². The second-order valence-corrected chi connectivity index (χ2v) is 5.75. The van der Waals surface area contributed by atoms with Crippen molar-refractivity contribution in [2.75, 3.05) is 5.32 Å². The van der Waals surface area contributed by atoms with Gasteiger partial charge < -0.3 is 5.32 Å². The van der Waals surface area contributed by atoms with E-state index >= 15 is 0 Å². The smallest absolute Gasteiger partial charge is 0.0666 e. The second-order valence-electron chi connectivity index (χ2n) is 5.75. The molecular formula is C18H27N3. The topological polar surface area (TPSA) is 29.9 Å². The van der Waals surface area contributed by atoms with Gasteiger partial charge in [0, 0.05) is 24.1 Å².